The Hall–Kier alpha value is -1.26. The van der Waals surface area contributed by atoms with E-state index in [0.717, 1.165) is 24.6 Å². The lowest BCUT2D eigenvalue weighted by Crippen LogP contribution is -2.11. The Kier molecular flexibility index (Phi) is 4.64. The van der Waals surface area contributed by atoms with E-state index >= 15 is 0 Å². The third-order valence-electron chi connectivity index (χ3n) is 2.35. The van der Waals surface area contributed by atoms with Crippen LogP contribution in [0.2, 0.25) is 0 Å². The summed E-state index contributed by atoms with van der Waals surface area (Å²) < 4.78 is 5.07. The molecule has 0 aliphatic rings. The van der Waals surface area contributed by atoms with E-state index in [-0.39, 0.29) is 0 Å². The zero-order chi connectivity index (χ0) is 11.9. The maximum atomic E-state index is 5.07. The Balaban J connectivity index is 1.91. The summed E-state index contributed by atoms with van der Waals surface area (Å²) in [5.74, 6) is 1.73. The quantitative estimate of drug-likeness (QED) is 0.797. The molecule has 0 amide bonds. The molecule has 0 aliphatic heterocycles. The minimum atomic E-state index is 0.824. The first-order valence-corrected chi connectivity index (χ1v) is 6.69. The lowest BCUT2D eigenvalue weighted by molar-refractivity contribution is 0.395. The average molecular weight is 248 g/mol. The first kappa shape index (κ1) is 12.2. The van der Waals surface area contributed by atoms with Gasteiger partial charge in [0, 0.05) is 17.5 Å². The second-order valence-electron chi connectivity index (χ2n) is 3.70. The van der Waals surface area contributed by atoms with Gasteiger partial charge in [-0.3, -0.25) is 0 Å². The highest BCUT2D eigenvalue weighted by molar-refractivity contribution is 7.98. The van der Waals surface area contributed by atoms with E-state index in [1.807, 2.05) is 6.07 Å². The van der Waals surface area contributed by atoms with Crippen molar-refractivity contribution in [3.05, 3.63) is 47.9 Å². The molecule has 1 aromatic heterocycles. The van der Waals surface area contributed by atoms with E-state index in [0.29, 0.717) is 0 Å². The van der Waals surface area contributed by atoms with Crippen LogP contribution >= 0.6 is 11.8 Å². The first-order valence-electron chi connectivity index (χ1n) is 5.70. The minimum absolute atomic E-state index is 0.824. The summed E-state index contributed by atoms with van der Waals surface area (Å²) in [7, 11) is 0. The van der Waals surface area contributed by atoms with Crippen LogP contribution < -0.4 is 5.32 Å². The van der Waals surface area contributed by atoms with Gasteiger partial charge < -0.3 is 9.84 Å². The Labute approximate surface area is 106 Å². The van der Waals surface area contributed by atoms with Crippen molar-refractivity contribution in [3.63, 3.8) is 0 Å². The number of rotatable bonds is 6. The molecule has 17 heavy (non-hydrogen) atoms. The van der Waals surface area contributed by atoms with Crippen molar-refractivity contribution in [2.24, 2.45) is 0 Å². The number of aromatic nitrogens is 1. The average Bonchev–Trinajstić information content (AvgIpc) is 2.87. The lowest BCUT2D eigenvalue weighted by atomic mass is 10.2. The highest BCUT2D eigenvalue weighted by Gasteiger charge is 2.00. The van der Waals surface area contributed by atoms with Crippen molar-refractivity contribution in [1.82, 2.24) is 10.5 Å². The molecule has 0 atom stereocenters. The van der Waals surface area contributed by atoms with Crippen LogP contribution in [-0.2, 0) is 12.3 Å². The zero-order valence-electron chi connectivity index (χ0n) is 9.85. The number of hydrogen-bond acceptors (Lipinski definition) is 4. The van der Waals surface area contributed by atoms with E-state index < -0.39 is 0 Å². The maximum absolute atomic E-state index is 5.07. The molecule has 0 fully saturated rings. The van der Waals surface area contributed by atoms with Crippen molar-refractivity contribution in [2.75, 3.05) is 6.54 Å². The van der Waals surface area contributed by atoms with Gasteiger partial charge in [0.15, 0.2) is 0 Å². The van der Waals surface area contributed by atoms with E-state index in [2.05, 4.69) is 41.7 Å². The molecule has 90 valence electrons. The summed E-state index contributed by atoms with van der Waals surface area (Å²) in [6.07, 6.45) is 1.68. The van der Waals surface area contributed by atoms with Gasteiger partial charge in [0.05, 0.1) is 11.9 Å². The van der Waals surface area contributed by atoms with Gasteiger partial charge in [0.25, 0.3) is 0 Å². The predicted octanol–water partition coefficient (Wildman–Crippen LogP) is 3.08. The normalized spacial score (nSPS) is 10.6. The molecule has 0 unspecified atom stereocenters. The Morgan fingerprint density at radius 2 is 2.29 bits per heavy atom. The summed E-state index contributed by atoms with van der Waals surface area (Å²) in [4.78, 5) is 1.26. The maximum Gasteiger partial charge on any atom is 0.146 e. The third kappa shape index (κ3) is 3.91. The molecule has 4 heteroatoms. The topological polar surface area (TPSA) is 38.1 Å². The highest BCUT2D eigenvalue weighted by Crippen LogP contribution is 2.23. The third-order valence-corrected chi connectivity index (χ3v) is 3.37. The van der Waals surface area contributed by atoms with Gasteiger partial charge in [-0.15, -0.1) is 11.8 Å². The van der Waals surface area contributed by atoms with Gasteiger partial charge in [-0.2, -0.15) is 0 Å². The molecule has 0 spiro atoms. The molecule has 0 saturated heterocycles. The van der Waals surface area contributed by atoms with Crippen LogP contribution in [0.5, 0.6) is 0 Å². The van der Waals surface area contributed by atoms with Crippen LogP contribution in [0.4, 0.5) is 0 Å². The monoisotopic (exact) mass is 248 g/mol. The van der Waals surface area contributed by atoms with Gasteiger partial charge in [-0.25, -0.2) is 0 Å². The van der Waals surface area contributed by atoms with Crippen LogP contribution in [0.25, 0.3) is 0 Å². The molecule has 1 aromatic carbocycles. The molecule has 3 nitrogen and oxygen atoms in total. The number of hydrogen-bond donors (Lipinski definition) is 1. The van der Waals surface area contributed by atoms with Crippen LogP contribution in [0.1, 0.15) is 18.2 Å². The number of nitrogens with one attached hydrogen (secondary N) is 1. The number of benzene rings is 1. The molecule has 0 aliphatic carbocycles. The summed E-state index contributed by atoms with van der Waals surface area (Å²) >= 11 is 1.76. The van der Waals surface area contributed by atoms with Crippen LogP contribution in [-0.4, -0.2) is 11.7 Å². The summed E-state index contributed by atoms with van der Waals surface area (Å²) in [6, 6.07) is 10.5. The van der Waals surface area contributed by atoms with E-state index in [9.17, 15) is 0 Å². The number of nitrogens with zero attached hydrogens (tertiary/aromatic N) is 1. The SMILES string of the molecule is CCNCc1cccc(SCc2ccno2)c1. The van der Waals surface area contributed by atoms with E-state index in [1.54, 1.807) is 18.0 Å². The van der Waals surface area contributed by atoms with E-state index in [1.165, 1.54) is 10.5 Å². The van der Waals surface area contributed by atoms with Gasteiger partial charge in [-0.05, 0) is 24.2 Å². The van der Waals surface area contributed by atoms with Crippen LogP contribution in [0.3, 0.4) is 0 Å². The van der Waals surface area contributed by atoms with Crippen molar-refractivity contribution in [1.29, 1.82) is 0 Å². The van der Waals surface area contributed by atoms with Crippen molar-refractivity contribution >= 4 is 11.8 Å². The Bertz CT molecular complexity index is 442. The standard InChI is InChI=1S/C13H16N2OS/c1-2-14-9-11-4-3-5-13(8-11)17-10-12-6-7-15-16-12/h3-8,14H,2,9-10H2,1H3. The van der Waals surface area contributed by atoms with Crippen molar-refractivity contribution < 1.29 is 4.52 Å². The molecule has 1 heterocycles. The zero-order valence-corrected chi connectivity index (χ0v) is 10.7. The lowest BCUT2D eigenvalue weighted by Gasteiger charge is -2.04. The molecular weight excluding hydrogens is 232 g/mol. The first-order chi connectivity index (χ1) is 8.38. The fraction of sp³-hybridized carbons (Fsp3) is 0.308. The predicted molar refractivity (Wildman–Crippen MR) is 69.9 cm³/mol. The molecule has 1 N–H and O–H groups in total. The summed E-state index contributed by atoms with van der Waals surface area (Å²) in [5, 5.41) is 7.02. The minimum Gasteiger partial charge on any atom is -0.361 e. The van der Waals surface area contributed by atoms with Gasteiger partial charge in [0.2, 0.25) is 0 Å². The molecule has 2 aromatic rings. The fourth-order valence-electron chi connectivity index (χ4n) is 1.49. The molecule has 2 rings (SSSR count). The number of thioether (sulfide) groups is 1. The van der Waals surface area contributed by atoms with Gasteiger partial charge >= 0.3 is 0 Å². The van der Waals surface area contributed by atoms with Crippen molar-refractivity contribution in [3.8, 4) is 0 Å². The Morgan fingerprint density at radius 3 is 3.06 bits per heavy atom. The van der Waals surface area contributed by atoms with Crippen LogP contribution in [0, 0.1) is 0 Å². The second kappa shape index (κ2) is 6.47. The Morgan fingerprint density at radius 1 is 1.35 bits per heavy atom. The van der Waals surface area contributed by atoms with Crippen LogP contribution in [0.15, 0.2) is 45.9 Å². The molecule has 0 saturated carbocycles. The molecule has 0 radical (unpaired) electrons. The van der Waals surface area contributed by atoms with E-state index in [4.69, 9.17) is 4.52 Å². The van der Waals surface area contributed by atoms with Gasteiger partial charge in [0.1, 0.15) is 5.76 Å². The summed E-state index contributed by atoms with van der Waals surface area (Å²) in [6.45, 7) is 4.03. The smallest absolute Gasteiger partial charge is 0.146 e. The highest BCUT2D eigenvalue weighted by atomic mass is 32.2. The van der Waals surface area contributed by atoms with Gasteiger partial charge in [-0.1, -0.05) is 24.2 Å². The second-order valence-corrected chi connectivity index (χ2v) is 4.74. The fourth-order valence-corrected chi connectivity index (χ4v) is 2.35. The summed E-state index contributed by atoms with van der Waals surface area (Å²) in [5.41, 5.74) is 1.31. The van der Waals surface area contributed by atoms with Crippen molar-refractivity contribution in [2.45, 2.75) is 24.1 Å². The molecule has 0 bridgehead atoms. The largest absolute Gasteiger partial charge is 0.361 e. The molecular formula is C13H16N2OS.